The fourth-order valence-electron chi connectivity index (χ4n) is 4.79. The Hall–Kier alpha value is -5.54. The second kappa shape index (κ2) is 11.3. The molecule has 4 unspecified atom stereocenters. The van der Waals surface area contributed by atoms with Gasteiger partial charge in [-0.1, -0.05) is 48.5 Å². The SMILES string of the molecule is NC(C(=O)O)(C(=O)c1cccc2cccc(C(=O)C(N)(C(=O)O)C(O)c3ccc(O)c(O)c3)c12)C(O)c1ccc(O)c(O)c1. The number of aliphatic hydroxyl groups excluding tert-OH is 2. The number of hydrogen-bond donors (Lipinski definition) is 10. The van der Waals surface area contributed by atoms with Gasteiger partial charge in [0.05, 0.1) is 0 Å². The molecule has 14 nitrogen and oxygen atoms in total. The van der Waals surface area contributed by atoms with Gasteiger partial charge >= 0.3 is 11.9 Å². The number of carboxylic acids is 2. The normalized spacial score (nSPS) is 15.5. The van der Waals surface area contributed by atoms with Crippen LogP contribution in [0.3, 0.4) is 0 Å². The number of hydrogen-bond acceptors (Lipinski definition) is 12. The molecule has 228 valence electrons. The first-order valence-corrected chi connectivity index (χ1v) is 12.6. The van der Waals surface area contributed by atoms with Gasteiger partial charge in [0.1, 0.15) is 12.2 Å². The molecule has 0 aliphatic heterocycles. The number of aromatic hydroxyl groups is 4. The van der Waals surface area contributed by atoms with Crippen LogP contribution in [0.1, 0.15) is 44.1 Å². The smallest absolute Gasteiger partial charge is 0.335 e. The summed E-state index contributed by atoms with van der Waals surface area (Å²) in [5.74, 6) is -9.57. The second-order valence-corrected chi connectivity index (χ2v) is 10.0. The summed E-state index contributed by atoms with van der Waals surface area (Å²) < 4.78 is 0. The fraction of sp³-hybridized carbons (Fsp3) is 0.133. The average Bonchev–Trinajstić information content (AvgIpc) is 3.00. The molecule has 0 radical (unpaired) electrons. The summed E-state index contributed by atoms with van der Waals surface area (Å²) in [6.45, 7) is 0. The topological polar surface area (TPSA) is 282 Å². The Bertz CT molecular complexity index is 1710. The fourth-order valence-corrected chi connectivity index (χ4v) is 4.79. The highest BCUT2D eigenvalue weighted by atomic mass is 16.4. The number of aliphatic hydroxyl groups is 2. The molecule has 0 saturated heterocycles. The number of phenolic OH excluding ortho intramolecular Hbond substituents is 4. The van der Waals surface area contributed by atoms with E-state index in [4.69, 9.17) is 11.5 Å². The number of carbonyl (C=O) groups is 4. The number of Topliss-reactive ketones (excluding diaryl/α,β-unsaturated/α-hetero) is 2. The van der Waals surface area contributed by atoms with E-state index in [0.717, 1.165) is 48.5 Å². The van der Waals surface area contributed by atoms with Gasteiger partial charge in [0.2, 0.25) is 11.1 Å². The van der Waals surface area contributed by atoms with Crippen molar-refractivity contribution in [2.45, 2.75) is 23.3 Å². The van der Waals surface area contributed by atoms with Crippen molar-refractivity contribution in [1.82, 2.24) is 0 Å². The highest BCUT2D eigenvalue weighted by Crippen LogP contribution is 2.38. The van der Waals surface area contributed by atoms with Crippen molar-refractivity contribution in [3.63, 3.8) is 0 Å². The van der Waals surface area contributed by atoms with Crippen molar-refractivity contribution in [2.24, 2.45) is 11.5 Å². The van der Waals surface area contributed by atoms with E-state index >= 15 is 0 Å². The van der Waals surface area contributed by atoms with Gasteiger partial charge < -0.3 is 52.3 Å². The number of fused-ring (bicyclic) bond motifs is 1. The molecule has 0 bridgehead atoms. The summed E-state index contributed by atoms with van der Waals surface area (Å²) >= 11 is 0. The van der Waals surface area contributed by atoms with E-state index in [-0.39, 0.29) is 21.9 Å². The second-order valence-electron chi connectivity index (χ2n) is 10.0. The maximum Gasteiger partial charge on any atom is 0.335 e. The maximum absolute atomic E-state index is 13.9. The van der Waals surface area contributed by atoms with Crippen LogP contribution in [0.15, 0.2) is 72.8 Å². The van der Waals surface area contributed by atoms with Crippen molar-refractivity contribution in [3.05, 3.63) is 95.1 Å². The monoisotopic (exact) mass is 606 g/mol. The number of nitrogens with two attached hydrogens (primary N) is 2. The predicted molar refractivity (Wildman–Crippen MR) is 151 cm³/mol. The van der Waals surface area contributed by atoms with E-state index in [0.29, 0.717) is 0 Å². The maximum atomic E-state index is 13.9. The van der Waals surface area contributed by atoms with Crippen molar-refractivity contribution in [1.29, 1.82) is 0 Å². The molecule has 0 heterocycles. The summed E-state index contributed by atoms with van der Waals surface area (Å²) in [4.78, 5) is 52.8. The third kappa shape index (κ3) is 4.93. The van der Waals surface area contributed by atoms with Gasteiger partial charge in [-0.05, 0) is 40.8 Å². The quantitative estimate of drug-likeness (QED) is 0.0686. The van der Waals surface area contributed by atoms with Crippen LogP contribution in [0.2, 0.25) is 0 Å². The third-order valence-electron chi connectivity index (χ3n) is 7.35. The largest absolute Gasteiger partial charge is 0.504 e. The lowest BCUT2D eigenvalue weighted by Crippen LogP contribution is -2.60. The van der Waals surface area contributed by atoms with Gasteiger partial charge in [-0.2, -0.15) is 0 Å². The van der Waals surface area contributed by atoms with Crippen molar-refractivity contribution in [3.8, 4) is 23.0 Å². The molecular formula is C30H26N2O12. The molecule has 12 N–H and O–H groups in total. The minimum absolute atomic E-state index is 0.121. The molecule has 4 aromatic carbocycles. The Kier molecular flexibility index (Phi) is 8.04. The molecular weight excluding hydrogens is 580 g/mol. The Balaban J connectivity index is 1.92. The van der Waals surface area contributed by atoms with E-state index in [2.05, 4.69) is 0 Å². The van der Waals surface area contributed by atoms with Gasteiger partial charge in [0, 0.05) is 16.5 Å². The van der Waals surface area contributed by atoms with Crippen molar-refractivity contribution in [2.75, 3.05) is 0 Å². The Morgan fingerprint density at radius 1 is 0.568 bits per heavy atom. The minimum Gasteiger partial charge on any atom is -0.504 e. The van der Waals surface area contributed by atoms with Crippen molar-refractivity contribution >= 4 is 34.3 Å². The predicted octanol–water partition coefficient (Wildman–Crippen LogP) is 1.06. The number of rotatable bonds is 10. The lowest BCUT2D eigenvalue weighted by Gasteiger charge is -2.31. The van der Waals surface area contributed by atoms with Gasteiger partial charge in [-0.25, -0.2) is 9.59 Å². The molecule has 0 fully saturated rings. The van der Waals surface area contributed by atoms with E-state index in [1.165, 1.54) is 24.3 Å². The van der Waals surface area contributed by atoms with Crippen LogP contribution in [-0.2, 0) is 9.59 Å². The Morgan fingerprint density at radius 2 is 0.932 bits per heavy atom. The van der Waals surface area contributed by atoms with Gasteiger partial charge in [-0.15, -0.1) is 0 Å². The zero-order valence-corrected chi connectivity index (χ0v) is 22.4. The number of aliphatic carboxylic acids is 2. The van der Waals surface area contributed by atoms with Crippen LogP contribution in [0.4, 0.5) is 0 Å². The Morgan fingerprint density at radius 3 is 1.25 bits per heavy atom. The zero-order chi connectivity index (χ0) is 32.7. The zero-order valence-electron chi connectivity index (χ0n) is 22.4. The van der Waals surface area contributed by atoms with Crippen LogP contribution in [0.25, 0.3) is 10.8 Å². The molecule has 0 aliphatic rings. The first-order valence-electron chi connectivity index (χ1n) is 12.6. The molecule has 0 aromatic heterocycles. The first-order chi connectivity index (χ1) is 20.6. The highest BCUT2D eigenvalue weighted by Gasteiger charge is 2.53. The van der Waals surface area contributed by atoms with E-state index < -0.39 is 80.9 Å². The molecule has 4 aromatic rings. The molecule has 44 heavy (non-hydrogen) atoms. The molecule has 0 saturated carbocycles. The van der Waals surface area contributed by atoms with E-state index in [1.807, 2.05) is 0 Å². The number of carboxylic acid groups (broad SMARTS) is 2. The van der Waals surface area contributed by atoms with Gasteiger partial charge in [-0.3, -0.25) is 9.59 Å². The number of carbonyl (C=O) groups excluding carboxylic acids is 2. The highest BCUT2D eigenvalue weighted by molar-refractivity contribution is 6.27. The summed E-state index contributed by atoms with van der Waals surface area (Å²) in [5.41, 5.74) is 4.01. The molecule has 0 aliphatic carbocycles. The standard InChI is InChI=1S/C30H26N2O12/c31-29(27(41)42,23(37)14-7-9-18(33)20(35)11-14)25(39)16-5-1-3-13-4-2-6-17(22(13)16)26(40)30(32,28(43)44)24(38)15-8-10-19(34)21(36)12-15/h1-12,23-24,33-38H,31-32H2,(H,41,42)(H,43,44). The number of ketones is 2. The summed E-state index contributed by atoms with van der Waals surface area (Å²) in [5, 5.41) is 80.8. The summed E-state index contributed by atoms with van der Waals surface area (Å²) in [6, 6.07) is 13.1. The lowest BCUT2D eigenvalue weighted by atomic mass is 9.77. The lowest BCUT2D eigenvalue weighted by molar-refractivity contribution is -0.146. The molecule has 4 atom stereocenters. The average molecular weight is 607 g/mol. The van der Waals surface area contributed by atoms with Crippen LogP contribution in [0.5, 0.6) is 23.0 Å². The van der Waals surface area contributed by atoms with Crippen LogP contribution in [-0.4, -0.2) is 75.4 Å². The molecule has 0 spiro atoms. The molecule has 0 amide bonds. The first kappa shape index (κ1) is 31.4. The summed E-state index contributed by atoms with van der Waals surface area (Å²) in [7, 11) is 0. The number of benzene rings is 4. The van der Waals surface area contributed by atoms with E-state index in [1.54, 1.807) is 0 Å². The van der Waals surface area contributed by atoms with Crippen LogP contribution < -0.4 is 11.5 Å². The van der Waals surface area contributed by atoms with Gasteiger partial charge in [0.15, 0.2) is 34.6 Å². The molecule has 4 rings (SSSR count). The third-order valence-corrected chi connectivity index (χ3v) is 7.35. The summed E-state index contributed by atoms with van der Waals surface area (Å²) in [6.07, 6.45) is -4.62. The minimum atomic E-state index is -3.15. The van der Waals surface area contributed by atoms with Crippen LogP contribution >= 0.6 is 0 Å². The number of phenols is 4. The van der Waals surface area contributed by atoms with Crippen LogP contribution in [0, 0.1) is 0 Å². The van der Waals surface area contributed by atoms with E-state index in [9.17, 15) is 60.0 Å². The Labute approximate surface area is 247 Å². The van der Waals surface area contributed by atoms with Gasteiger partial charge in [0.25, 0.3) is 0 Å². The molecule has 14 heteroatoms. The van der Waals surface area contributed by atoms with Crippen molar-refractivity contribution < 1.29 is 60.0 Å².